The number of hydrogen-bond donors (Lipinski definition) is 1. The lowest BCUT2D eigenvalue weighted by Gasteiger charge is -2.29. The van der Waals surface area contributed by atoms with Gasteiger partial charge in [-0.15, -0.1) is 0 Å². The zero-order valence-corrected chi connectivity index (χ0v) is 10.0. The van der Waals surface area contributed by atoms with E-state index in [4.69, 9.17) is 11.6 Å². The zero-order valence-electron chi connectivity index (χ0n) is 9.26. The highest BCUT2D eigenvalue weighted by atomic mass is 35.5. The van der Waals surface area contributed by atoms with E-state index < -0.39 is 0 Å². The Bertz CT molecular complexity index is 351. The van der Waals surface area contributed by atoms with Crippen molar-refractivity contribution in [2.24, 2.45) is 0 Å². The standard InChI is InChI=1S/C12H17ClN2/c1-3-15-9(2)6-7-14-11-5-4-10(13)8-12(11)15/h4-5,8-9,14H,3,6-7H2,1-2H3. The van der Waals surface area contributed by atoms with Gasteiger partial charge in [0.1, 0.15) is 0 Å². The Balaban J connectivity index is 2.44. The first-order valence-electron chi connectivity index (χ1n) is 5.52. The molecule has 15 heavy (non-hydrogen) atoms. The van der Waals surface area contributed by atoms with E-state index in [1.165, 1.54) is 17.8 Å². The summed E-state index contributed by atoms with van der Waals surface area (Å²) in [4.78, 5) is 2.40. The third-order valence-corrected chi connectivity index (χ3v) is 3.25. The van der Waals surface area contributed by atoms with Crippen LogP contribution in [0.5, 0.6) is 0 Å². The molecule has 2 nitrogen and oxygen atoms in total. The lowest BCUT2D eigenvalue weighted by atomic mass is 10.2. The van der Waals surface area contributed by atoms with Crippen LogP contribution in [0, 0.1) is 0 Å². The predicted molar refractivity (Wildman–Crippen MR) is 67.0 cm³/mol. The molecule has 1 aromatic carbocycles. The molecule has 0 bridgehead atoms. The summed E-state index contributed by atoms with van der Waals surface area (Å²) in [6.07, 6.45) is 1.17. The average Bonchev–Trinajstić information content (AvgIpc) is 2.36. The third kappa shape index (κ3) is 2.05. The fraction of sp³-hybridized carbons (Fsp3) is 0.500. The first kappa shape index (κ1) is 10.6. The van der Waals surface area contributed by atoms with Crippen LogP contribution in [0.25, 0.3) is 0 Å². The molecule has 0 aliphatic carbocycles. The Morgan fingerprint density at radius 2 is 2.33 bits per heavy atom. The Morgan fingerprint density at radius 1 is 1.53 bits per heavy atom. The van der Waals surface area contributed by atoms with Gasteiger partial charge < -0.3 is 10.2 Å². The van der Waals surface area contributed by atoms with Crippen molar-refractivity contribution < 1.29 is 0 Å². The number of nitrogens with one attached hydrogen (secondary N) is 1. The van der Waals surface area contributed by atoms with Crippen LogP contribution in [0.2, 0.25) is 5.02 Å². The number of rotatable bonds is 1. The molecule has 3 heteroatoms. The lowest BCUT2D eigenvalue weighted by Crippen LogP contribution is -2.32. The topological polar surface area (TPSA) is 15.3 Å². The minimum absolute atomic E-state index is 0.571. The van der Waals surface area contributed by atoms with E-state index >= 15 is 0 Å². The maximum atomic E-state index is 6.05. The normalized spacial score (nSPS) is 20.5. The Labute approximate surface area is 96.2 Å². The van der Waals surface area contributed by atoms with Gasteiger partial charge in [0.25, 0.3) is 0 Å². The summed E-state index contributed by atoms with van der Waals surface area (Å²) in [7, 11) is 0. The summed E-state index contributed by atoms with van der Waals surface area (Å²) >= 11 is 6.05. The maximum absolute atomic E-state index is 6.05. The van der Waals surface area contributed by atoms with Crippen molar-refractivity contribution in [1.82, 2.24) is 0 Å². The average molecular weight is 225 g/mol. The van der Waals surface area contributed by atoms with Crippen molar-refractivity contribution in [3.63, 3.8) is 0 Å². The van der Waals surface area contributed by atoms with Crippen LogP contribution in [0.15, 0.2) is 18.2 Å². The number of nitrogens with zero attached hydrogens (tertiary/aromatic N) is 1. The maximum Gasteiger partial charge on any atom is 0.0619 e. The number of fused-ring (bicyclic) bond motifs is 1. The van der Waals surface area contributed by atoms with Crippen LogP contribution in [-0.4, -0.2) is 19.1 Å². The molecule has 0 spiro atoms. The first-order chi connectivity index (χ1) is 7.22. The number of benzene rings is 1. The van der Waals surface area contributed by atoms with Crippen molar-refractivity contribution in [2.45, 2.75) is 26.3 Å². The van der Waals surface area contributed by atoms with Gasteiger partial charge >= 0.3 is 0 Å². The largest absolute Gasteiger partial charge is 0.383 e. The highest BCUT2D eigenvalue weighted by Crippen LogP contribution is 2.33. The van der Waals surface area contributed by atoms with Gasteiger partial charge in [-0.2, -0.15) is 0 Å². The molecule has 0 aromatic heterocycles. The van der Waals surface area contributed by atoms with E-state index in [1.54, 1.807) is 0 Å². The molecule has 1 unspecified atom stereocenters. The number of halogens is 1. The van der Waals surface area contributed by atoms with Gasteiger partial charge in [0.2, 0.25) is 0 Å². The molecule has 0 amide bonds. The molecule has 0 radical (unpaired) electrons. The summed E-state index contributed by atoms with van der Waals surface area (Å²) in [6.45, 7) is 6.51. The monoisotopic (exact) mass is 224 g/mol. The summed E-state index contributed by atoms with van der Waals surface area (Å²) in [5.41, 5.74) is 2.43. The summed E-state index contributed by atoms with van der Waals surface area (Å²) in [5, 5.41) is 4.26. The van der Waals surface area contributed by atoms with E-state index in [1.807, 2.05) is 6.07 Å². The Hall–Kier alpha value is -0.890. The van der Waals surface area contributed by atoms with Crippen molar-refractivity contribution in [2.75, 3.05) is 23.3 Å². The van der Waals surface area contributed by atoms with Crippen molar-refractivity contribution in [3.8, 4) is 0 Å². The number of hydrogen-bond acceptors (Lipinski definition) is 2. The molecule has 1 aliphatic rings. The van der Waals surface area contributed by atoms with Crippen molar-refractivity contribution in [3.05, 3.63) is 23.2 Å². The van der Waals surface area contributed by atoms with E-state index in [0.717, 1.165) is 18.1 Å². The molecule has 0 saturated carbocycles. The molecule has 1 aliphatic heterocycles. The summed E-state index contributed by atoms with van der Waals surface area (Å²) < 4.78 is 0. The molecule has 0 fully saturated rings. The molecule has 1 heterocycles. The molecule has 0 saturated heterocycles. The van der Waals surface area contributed by atoms with Gasteiger partial charge in [-0.25, -0.2) is 0 Å². The van der Waals surface area contributed by atoms with E-state index in [0.29, 0.717) is 6.04 Å². The second-order valence-electron chi connectivity index (χ2n) is 4.01. The first-order valence-corrected chi connectivity index (χ1v) is 5.90. The minimum atomic E-state index is 0.571. The molecular weight excluding hydrogens is 208 g/mol. The fourth-order valence-corrected chi connectivity index (χ4v) is 2.35. The predicted octanol–water partition coefficient (Wildman–Crippen LogP) is 3.37. The van der Waals surface area contributed by atoms with E-state index in [2.05, 4.69) is 36.2 Å². The van der Waals surface area contributed by atoms with Gasteiger partial charge in [0.05, 0.1) is 11.4 Å². The minimum Gasteiger partial charge on any atom is -0.383 e. The van der Waals surface area contributed by atoms with Crippen LogP contribution in [0.4, 0.5) is 11.4 Å². The van der Waals surface area contributed by atoms with Crippen LogP contribution in [0.1, 0.15) is 20.3 Å². The van der Waals surface area contributed by atoms with Crippen LogP contribution in [-0.2, 0) is 0 Å². The molecule has 1 N–H and O–H groups in total. The van der Waals surface area contributed by atoms with Crippen molar-refractivity contribution >= 4 is 23.0 Å². The third-order valence-electron chi connectivity index (χ3n) is 3.02. The second kappa shape index (κ2) is 4.31. The van der Waals surface area contributed by atoms with Crippen molar-refractivity contribution in [1.29, 1.82) is 0 Å². The Kier molecular flexibility index (Phi) is 3.06. The molecule has 2 rings (SSSR count). The smallest absolute Gasteiger partial charge is 0.0619 e. The molecular formula is C12H17ClN2. The highest BCUT2D eigenvalue weighted by Gasteiger charge is 2.19. The van der Waals surface area contributed by atoms with Gasteiger partial charge in [-0.05, 0) is 38.5 Å². The highest BCUT2D eigenvalue weighted by molar-refractivity contribution is 6.31. The lowest BCUT2D eigenvalue weighted by molar-refractivity contribution is 0.626. The molecule has 82 valence electrons. The van der Waals surface area contributed by atoms with E-state index in [9.17, 15) is 0 Å². The fourth-order valence-electron chi connectivity index (χ4n) is 2.18. The number of anilines is 2. The van der Waals surface area contributed by atoms with Gasteiger partial charge in [0.15, 0.2) is 0 Å². The second-order valence-corrected chi connectivity index (χ2v) is 4.45. The molecule has 1 atom stereocenters. The van der Waals surface area contributed by atoms with Gasteiger partial charge in [-0.3, -0.25) is 0 Å². The van der Waals surface area contributed by atoms with Crippen LogP contribution >= 0.6 is 11.6 Å². The van der Waals surface area contributed by atoms with Crippen LogP contribution in [0.3, 0.4) is 0 Å². The van der Waals surface area contributed by atoms with E-state index in [-0.39, 0.29) is 0 Å². The summed E-state index contributed by atoms with van der Waals surface area (Å²) in [6, 6.07) is 6.63. The quantitative estimate of drug-likeness (QED) is 0.787. The SMILES string of the molecule is CCN1c2cc(Cl)ccc2NCCC1C. The van der Waals surface area contributed by atoms with Gasteiger partial charge in [-0.1, -0.05) is 11.6 Å². The Morgan fingerprint density at radius 3 is 3.07 bits per heavy atom. The zero-order chi connectivity index (χ0) is 10.8. The van der Waals surface area contributed by atoms with Crippen LogP contribution < -0.4 is 10.2 Å². The van der Waals surface area contributed by atoms with Gasteiger partial charge in [0, 0.05) is 24.2 Å². The summed E-state index contributed by atoms with van der Waals surface area (Å²) in [5.74, 6) is 0. The molecule has 1 aromatic rings.